The molecule has 2 aromatic rings. The maximum atomic E-state index is 13.5. The molecule has 0 fully saturated rings. The van der Waals surface area contributed by atoms with Crippen LogP contribution in [0.4, 0.5) is 10.1 Å². The maximum absolute atomic E-state index is 13.5. The smallest absolute Gasteiger partial charge is 0.243 e. The molecule has 1 unspecified atom stereocenters. The average Bonchev–Trinajstić information content (AvgIpc) is 2.63. The first-order valence-electron chi connectivity index (χ1n) is 8.80. The van der Waals surface area contributed by atoms with Gasteiger partial charge in [-0.15, -0.1) is 0 Å². The second-order valence-corrected chi connectivity index (χ2v) is 8.45. The molecule has 0 heterocycles. The summed E-state index contributed by atoms with van der Waals surface area (Å²) in [7, 11) is -4.01. The van der Waals surface area contributed by atoms with Crippen LogP contribution in [0.3, 0.4) is 0 Å². The summed E-state index contributed by atoms with van der Waals surface area (Å²) in [6, 6.07) is 9.94. The largest absolute Gasteiger partial charge is 0.325 e. The first-order valence-corrected chi connectivity index (χ1v) is 10.2. The van der Waals surface area contributed by atoms with Crippen LogP contribution in [0.5, 0.6) is 0 Å². The van der Waals surface area contributed by atoms with E-state index in [4.69, 9.17) is 0 Å². The van der Waals surface area contributed by atoms with Gasteiger partial charge in [-0.05, 0) is 62.6 Å². The van der Waals surface area contributed by atoms with Crippen molar-refractivity contribution in [3.8, 4) is 0 Å². The molecule has 146 valence electrons. The molecule has 0 radical (unpaired) electrons. The monoisotopic (exact) mass is 392 g/mol. The molecular weight excluding hydrogens is 367 g/mol. The number of nitrogens with zero attached hydrogens (tertiary/aromatic N) is 1. The van der Waals surface area contributed by atoms with Crippen LogP contribution in [-0.4, -0.2) is 31.2 Å². The summed E-state index contributed by atoms with van der Waals surface area (Å²) in [5.41, 5.74) is 2.60. The van der Waals surface area contributed by atoms with Crippen LogP contribution in [0.1, 0.15) is 31.4 Å². The van der Waals surface area contributed by atoms with Crippen LogP contribution in [0.25, 0.3) is 0 Å². The number of aryl methyl sites for hydroxylation is 1. The summed E-state index contributed by atoms with van der Waals surface area (Å²) in [6.45, 7) is 7.04. The first-order chi connectivity index (χ1) is 12.7. The molecule has 0 aliphatic carbocycles. The zero-order valence-electron chi connectivity index (χ0n) is 16.0. The van der Waals surface area contributed by atoms with Crippen molar-refractivity contribution in [2.24, 2.45) is 0 Å². The van der Waals surface area contributed by atoms with Gasteiger partial charge in [0.1, 0.15) is 5.82 Å². The topological polar surface area (TPSA) is 66.5 Å². The standard InChI is InChI=1S/C20H25FN2O3S/c1-5-15(3)23(27(25,26)18-10-7-9-17(21)12-18)13-20(24)22-19-11-6-8-14(2)16(19)4/h6-12,15H,5,13H2,1-4H3,(H,22,24). The van der Waals surface area contributed by atoms with Crippen molar-refractivity contribution in [3.05, 3.63) is 59.4 Å². The van der Waals surface area contributed by atoms with Crippen molar-refractivity contribution >= 4 is 21.6 Å². The Bertz CT molecular complexity index is 929. The summed E-state index contributed by atoms with van der Waals surface area (Å²) < 4.78 is 40.6. The molecule has 0 saturated carbocycles. The molecule has 1 amide bonds. The van der Waals surface area contributed by atoms with E-state index in [1.54, 1.807) is 13.0 Å². The molecule has 5 nitrogen and oxygen atoms in total. The van der Waals surface area contributed by atoms with E-state index in [2.05, 4.69) is 5.32 Å². The SMILES string of the molecule is CCC(C)N(CC(=O)Nc1cccc(C)c1C)S(=O)(=O)c1cccc(F)c1. The lowest BCUT2D eigenvalue weighted by atomic mass is 10.1. The Morgan fingerprint density at radius 2 is 1.85 bits per heavy atom. The van der Waals surface area contributed by atoms with Crippen molar-refractivity contribution in [3.63, 3.8) is 0 Å². The normalized spacial score (nSPS) is 12.8. The number of sulfonamides is 1. The molecule has 7 heteroatoms. The number of carbonyl (C=O) groups is 1. The molecule has 1 N–H and O–H groups in total. The molecule has 0 saturated heterocycles. The third-order valence-corrected chi connectivity index (χ3v) is 6.62. The molecule has 2 aromatic carbocycles. The van der Waals surface area contributed by atoms with Gasteiger partial charge in [-0.2, -0.15) is 4.31 Å². The minimum absolute atomic E-state index is 0.165. The average molecular weight is 392 g/mol. The lowest BCUT2D eigenvalue weighted by molar-refractivity contribution is -0.116. The van der Waals surface area contributed by atoms with E-state index in [0.29, 0.717) is 12.1 Å². The molecular formula is C20H25FN2O3S. The number of nitrogens with one attached hydrogen (secondary N) is 1. The zero-order valence-corrected chi connectivity index (χ0v) is 16.8. The summed E-state index contributed by atoms with van der Waals surface area (Å²) >= 11 is 0. The van der Waals surface area contributed by atoms with Gasteiger partial charge in [0.05, 0.1) is 11.4 Å². The molecule has 0 aliphatic heterocycles. The van der Waals surface area contributed by atoms with Crippen molar-refractivity contribution in [1.82, 2.24) is 4.31 Å². The number of rotatable bonds is 7. The second-order valence-electron chi connectivity index (χ2n) is 6.56. The summed E-state index contributed by atoms with van der Waals surface area (Å²) in [5, 5.41) is 2.78. The van der Waals surface area contributed by atoms with Crippen molar-refractivity contribution in [2.75, 3.05) is 11.9 Å². The maximum Gasteiger partial charge on any atom is 0.243 e. The minimum Gasteiger partial charge on any atom is -0.325 e. The number of hydrogen-bond donors (Lipinski definition) is 1. The first kappa shape index (κ1) is 21.1. The Labute approximate surface area is 160 Å². The van der Waals surface area contributed by atoms with Gasteiger partial charge in [0.2, 0.25) is 15.9 Å². The van der Waals surface area contributed by atoms with Crippen LogP contribution < -0.4 is 5.32 Å². The van der Waals surface area contributed by atoms with Crippen LogP contribution in [-0.2, 0) is 14.8 Å². The fraction of sp³-hybridized carbons (Fsp3) is 0.350. The van der Waals surface area contributed by atoms with E-state index in [1.807, 2.05) is 32.9 Å². The Morgan fingerprint density at radius 3 is 2.48 bits per heavy atom. The van der Waals surface area contributed by atoms with Crippen LogP contribution in [0.2, 0.25) is 0 Å². The summed E-state index contributed by atoms with van der Waals surface area (Å²) in [6.07, 6.45) is 0.519. The fourth-order valence-corrected chi connectivity index (χ4v) is 4.35. The number of halogens is 1. The van der Waals surface area contributed by atoms with Crippen molar-refractivity contribution in [2.45, 2.75) is 45.1 Å². The van der Waals surface area contributed by atoms with Gasteiger partial charge in [0.25, 0.3) is 0 Å². The molecule has 1 atom stereocenters. The van der Waals surface area contributed by atoms with Crippen molar-refractivity contribution < 1.29 is 17.6 Å². The number of benzene rings is 2. The Balaban J connectivity index is 2.29. The number of amides is 1. The third kappa shape index (κ3) is 4.93. The lowest BCUT2D eigenvalue weighted by Gasteiger charge is -2.27. The van der Waals surface area contributed by atoms with Gasteiger partial charge in [0, 0.05) is 11.7 Å². The van der Waals surface area contributed by atoms with Gasteiger partial charge in [-0.3, -0.25) is 4.79 Å². The Kier molecular flexibility index (Phi) is 6.73. The summed E-state index contributed by atoms with van der Waals surface area (Å²) in [4.78, 5) is 12.4. The second kappa shape index (κ2) is 8.63. The van der Waals surface area contributed by atoms with Gasteiger partial charge >= 0.3 is 0 Å². The third-order valence-electron chi connectivity index (χ3n) is 4.66. The molecule has 0 aromatic heterocycles. The van der Waals surface area contributed by atoms with E-state index in [9.17, 15) is 17.6 Å². The lowest BCUT2D eigenvalue weighted by Crippen LogP contribution is -2.43. The van der Waals surface area contributed by atoms with E-state index >= 15 is 0 Å². The van der Waals surface area contributed by atoms with Gasteiger partial charge in [0.15, 0.2) is 0 Å². The van der Waals surface area contributed by atoms with Gasteiger partial charge in [-0.25, -0.2) is 12.8 Å². The van der Waals surface area contributed by atoms with E-state index in [1.165, 1.54) is 18.2 Å². The minimum atomic E-state index is -4.01. The Hall–Kier alpha value is -2.25. The molecule has 2 rings (SSSR count). The molecule has 0 bridgehead atoms. The zero-order chi connectivity index (χ0) is 20.2. The van der Waals surface area contributed by atoms with E-state index in [0.717, 1.165) is 21.5 Å². The Morgan fingerprint density at radius 1 is 1.19 bits per heavy atom. The molecule has 0 aliphatic rings. The molecule has 0 spiro atoms. The highest BCUT2D eigenvalue weighted by Gasteiger charge is 2.30. The highest BCUT2D eigenvalue weighted by molar-refractivity contribution is 7.89. The van der Waals surface area contributed by atoms with Gasteiger partial charge < -0.3 is 5.32 Å². The van der Waals surface area contributed by atoms with Gasteiger partial charge in [-0.1, -0.05) is 25.1 Å². The quantitative estimate of drug-likeness (QED) is 0.778. The highest BCUT2D eigenvalue weighted by atomic mass is 32.2. The van der Waals surface area contributed by atoms with Crippen molar-refractivity contribution in [1.29, 1.82) is 0 Å². The van der Waals surface area contributed by atoms with Crippen LogP contribution in [0, 0.1) is 19.7 Å². The van der Waals surface area contributed by atoms with Crippen LogP contribution >= 0.6 is 0 Å². The predicted octanol–water partition coefficient (Wildman–Crippen LogP) is 3.87. The number of carbonyl (C=O) groups excluding carboxylic acids is 1. The number of hydrogen-bond acceptors (Lipinski definition) is 3. The highest BCUT2D eigenvalue weighted by Crippen LogP contribution is 2.22. The number of anilines is 1. The van der Waals surface area contributed by atoms with Crippen LogP contribution in [0.15, 0.2) is 47.4 Å². The molecule has 27 heavy (non-hydrogen) atoms. The predicted molar refractivity (Wildman–Crippen MR) is 105 cm³/mol. The van der Waals surface area contributed by atoms with E-state index < -0.39 is 27.8 Å². The fourth-order valence-electron chi connectivity index (χ4n) is 2.66. The summed E-state index contributed by atoms with van der Waals surface area (Å²) in [5.74, 6) is -1.08. The van der Waals surface area contributed by atoms with E-state index in [-0.39, 0.29) is 11.4 Å².